The highest BCUT2D eigenvalue weighted by Crippen LogP contribution is 2.34. The van der Waals surface area contributed by atoms with E-state index in [0.29, 0.717) is 22.4 Å². The van der Waals surface area contributed by atoms with Crippen LogP contribution < -0.4 is 4.74 Å². The number of hydrogen-bond donors (Lipinski definition) is 1. The van der Waals surface area contributed by atoms with Crippen LogP contribution in [0.3, 0.4) is 0 Å². The lowest BCUT2D eigenvalue weighted by atomic mass is 10.0. The number of amides is 2. The largest absolute Gasteiger partial charge is 0.497 e. The van der Waals surface area contributed by atoms with Gasteiger partial charge >= 0.3 is 5.97 Å². The van der Waals surface area contributed by atoms with Crippen LogP contribution in [0.15, 0.2) is 42.5 Å². The van der Waals surface area contributed by atoms with Gasteiger partial charge in [0.25, 0.3) is 11.8 Å². The van der Waals surface area contributed by atoms with E-state index in [0.717, 1.165) is 10.5 Å². The van der Waals surface area contributed by atoms with Gasteiger partial charge in [-0.05, 0) is 36.8 Å². The van der Waals surface area contributed by atoms with Gasteiger partial charge in [0.15, 0.2) is 0 Å². The van der Waals surface area contributed by atoms with Gasteiger partial charge in [0, 0.05) is 0 Å². The molecule has 2 aromatic rings. The van der Waals surface area contributed by atoms with Crippen molar-refractivity contribution in [3.63, 3.8) is 0 Å². The molecule has 0 saturated carbocycles. The summed E-state index contributed by atoms with van der Waals surface area (Å²) in [7, 11) is 1.52. The third-order valence-electron chi connectivity index (χ3n) is 4.25. The number of imide groups is 1. The molecule has 2 aromatic carbocycles. The van der Waals surface area contributed by atoms with Gasteiger partial charge in [0.1, 0.15) is 5.75 Å². The van der Waals surface area contributed by atoms with Crippen molar-refractivity contribution >= 4 is 17.8 Å². The van der Waals surface area contributed by atoms with Crippen molar-refractivity contribution in [3.8, 4) is 5.75 Å². The molecule has 0 aromatic heterocycles. The molecule has 0 fully saturated rings. The number of hydrogen-bond acceptors (Lipinski definition) is 4. The summed E-state index contributed by atoms with van der Waals surface area (Å²) >= 11 is 0. The molecule has 2 amide bonds. The molecule has 3 rings (SSSR count). The van der Waals surface area contributed by atoms with E-state index in [4.69, 9.17) is 4.74 Å². The van der Waals surface area contributed by atoms with Crippen LogP contribution in [-0.2, 0) is 4.79 Å². The monoisotopic (exact) mass is 339 g/mol. The van der Waals surface area contributed by atoms with Crippen molar-refractivity contribution in [2.24, 2.45) is 0 Å². The molecule has 1 aliphatic heterocycles. The molecule has 0 aliphatic carbocycles. The van der Waals surface area contributed by atoms with E-state index in [1.54, 1.807) is 42.5 Å². The number of nitrogens with zero attached hydrogens (tertiary/aromatic N) is 1. The average molecular weight is 339 g/mol. The topological polar surface area (TPSA) is 83.9 Å². The minimum Gasteiger partial charge on any atom is -0.497 e. The van der Waals surface area contributed by atoms with Crippen molar-refractivity contribution in [2.45, 2.75) is 19.4 Å². The molecular formula is C19H17NO5. The number of aryl methyl sites for hydroxylation is 1. The standard InChI is InChI=1S/C19H17NO5/c1-11-3-8-14-15(9-11)19(24)20(18(14)23)16(10-17(21)22)12-4-6-13(25-2)7-5-12/h3-9,16H,10H2,1-2H3,(H,21,22). The van der Waals surface area contributed by atoms with Crippen LogP contribution >= 0.6 is 0 Å². The van der Waals surface area contributed by atoms with Gasteiger partial charge in [-0.2, -0.15) is 0 Å². The number of carbonyl (C=O) groups excluding carboxylic acids is 2. The Labute approximate surface area is 144 Å². The molecule has 6 heteroatoms. The second kappa shape index (κ2) is 6.39. The Bertz CT molecular complexity index is 857. The molecule has 6 nitrogen and oxygen atoms in total. The third kappa shape index (κ3) is 2.98. The lowest BCUT2D eigenvalue weighted by molar-refractivity contribution is -0.138. The number of carboxylic acid groups (broad SMARTS) is 1. The maximum Gasteiger partial charge on any atom is 0.305 e. The Kier molecular flexibility index (Phi) is 4.27. The summed E-state index contributed by atoms with van der Waals surface area (Å²) in [4.78, 5) is 37.9. The van der Waals surface area contributed by atoms with Crippen LogP contribution in [0, 0.1) is 6.92 Å². The number of carbonyl (C=O) groups is 3. The van der Waals surface area contributed by atoms with Crippen LogP contribution in [0.4, 0.5) is 0 Å². The van der Waals surface area contributed by atoms with Gasteiger partial charge in [0.2, 0.25) is 0 Å². The highest BCUT2D eigenvalue weighted by molar-refractivity contribution is 6.21. The smallest absolute Gasteiger partial charge is 0.305 e. The summed E-state index contributed by atoms with van der Waals surface area (Å²) in [6.07, 6.45) is -0.364. The number of ether oxygens (including phenoxy) is 1. The summed E-state index contributed by atoms with van der Waals surface area (Å²) in [5, 5.41) is 9.27. The first-order chi connectivity index (χ1) is 11.9. The maximum absolute atomic E-state index is 12.8. The molecule has 1 atom stereocenters. The fourth-order valence-corrected chi connectivity index (χ4v) is 3.01. The van der Waals surface area contributed by atoms with Crippen LogP contribution in [0.1, 0.15) is 44.3 Å². The zero-order valence-electron chi connectivity index (χ0n) is 13.9. The molecule has 0 saturated heterocycles. The van der Waals surface area contributed by atoms with E-state index in [1.165, 1.54) is 7.11 Å². The summed E-state index contributed by atoms with van der Waals surface area (Å²) in [6.45, 7) is 1.83. The molecule has 1 N–H and O–H groups in total. The number of methoxy groups -OCH3 is 1. The van der Waals surface area contributed by atoms with Crippen molar-refractivity contribution in [1.82, 2.24) is 4.90 Å². The molecular weight excluding hydrogens is 322 g/mol. The zero-order chi connectivity index (χ0) is 18.1. The molecule has 1 unspecified atom stereocenters. The van der Waals surface area contributed by atoms with Crippen LogP contribution in [-0.4, -0.2) is 34.9 Å². The minimum absolute atomic E-state index is 0.305. The fraction of sp³-hybridized carbons (Fsp3) is 0.211. The van der Waals surface area contributed by atoms with Crippen molar-refractivity contribution < 1.29 is 24.2 Å². The third-order valence-corrected chi connectivity index (χ3v) is 4.25. The Morgan fingerprint density at radius 3 is 2.32 bits per heavy atom. The predicted octanol–water partition coefficient (Wildman–Crippen LogP) is 2.82. The van der Waals surface area contributed by atoms with Gasteiger partial charge in [0.05, 0.1) is 30.7 Å². The number of fused-ring (bicyclic) bond motifs is 1. The Hall–Kier alpha value is -3.15. The first-order valence-corrected chi connectivity index (χ1v) is 7.76. The van der Waals surface area contributed by atoms with Crippen molar-refractivity contribution in [1.29, 1.82) is 0 Å². The molecule has 1 heterocycles. The fourth-order valence-electron chi connectivity index (χ4n) is 3.01. The summed E-state index contributed by atoms with van der Waals surface area (Å²) in [5.41, 5.74) is 2.05. The number of carboxylic acids is 1. The van der Waals surface area contributed by atoms with Crippen molar-refractivity contribution in [2.75, 3.05) is 7.11 Å². The quantitative estimate of drug-likeness (QED) is 0.847. The van der Waals surface area contributed by atoms with Crippen LogP contribution in [0.25, 0.3) is 0 Å². The molecule has 0 bridgehead atoms. The molecule has 128 valence electrons. The van der Waals surface area contributed by atoms with Crippen LogP contribution in [0.5, 0.6) is 5.75 Å². The van der Waals surface area contributed by atoms with E-state index in [9.17, 15) is 19.5 Å². The summed E-state index contributed by atoms with van der Waals surface area (Å²) < 4.78 is 5.10. The summed E-state index contributed by atoms with van der Waals surface area (Å²) in [5.74, 6) is -1.42. The highest BCUT2D eigenvalue weighted by Gasteiger charge is 2.41. The average Bonchev–Trinajstić information content (AvgIpc) is 2.83. The molecule has 1 aliphatic rings. The van der Waals surface area contributed by atoms with Gasteiger partial charge in [-0.1, -0.05) is 23.8 Å². The Morgan fingerprint density at radius 2 is 1.72 bits per heavy atom. The van der Waals surface area contributed by atoms with Gasteiger partial charge < -0.3 is 9.84 Å². The minimum atomic E-state index is -1.09. The first-order valence-electron chi connectivity index (χ1n) is 7.76. The SMILES string of the molecule is COc1ccc(C(CC(=O)O)N2C(=O)c3ccc(C)cc3C2=O)cc1. The number of benzene rings is 2. The summed E-state index contributed by atoms with van der Waals surface area (Å²) in [6, 6.07) is 10.8. The molecule has 0 radical (unpaired) electrons. The number of aliphatic carboxylic acids is 1. The van der Waals surface area contributed by atoms with E-state index in [-0.39, 0.29) is 6.42 Å². The zero-order valence-corrected chi connectivity index (χ0v) is 13.9. The second-order valence-corrected chi connectivity index (χ2v) is 5.92. The highest BCUT2D eigenvalue weighted by atomic mass is 16.5. The lowest BCUT2D eigenvalue weighted by Crippen LogP contribution is -2.35. The Balaban J connectivity index is 2.03. The first kappa shape index (κ1) is 16.7. The predicted molar refractivity (Wildman–Crippen MR) is 89.7 cm³/mol. The second-order valence-electron chi connectivity index (χ2n) is 5.92. The van der Waals surface area contributed by atoms with Gasteiger partial charge in [-0.15, -0.1) is 0 Å². The van der Waals surface area contributed by atoms with E-state index >= 15 is 0 Å². The van der Waals surface area contributed by atoms with Gasteiger partial charge in [-0.25, -0.2) is 0 Å². The van der Waals surface area contributed by atoms with Gasteiger partial charge in [-0.3, -0.25) is 19.3 Å². The van der Waals surface area contributed by atoms with E-state index in [1.807, 2.05) is 6.92 Å². The van der Waals surface area contributed by atoms with E-state index < -0.39 is 23.8 Å². The normalized spacial score (nSPS) is 14.4. The molecule has 25 heavy (non-hydrogen) atoms. The van der Waals surface area contributed by atoms with E-state index in [2.05, 4.69) is 0 Å². The van der Waals surface area contributed by atoms with Crippen molar-refractivity contribution in [3.05, 3.63) is 64.7 Å². The lowest BCUT2D eigenvalue weighted by Gasteiger charge is -2.25. The number of rotatable bonds is 5. The Morgan fingerprint density at radius 1 is 1.08 bits per heavy atom. The van der Waals surface area contributed by atoms with Crippen LogP contribution in [0.2, 0.25) is 0 Å². The maximum atomic E-state index is 12.8. The molecule has 0 spiro atoms.